The standard InChI is InChI=1S/C13H10Cl2N2O4S/c1-16(10-4-7-12(14)13(15)8-10)22(20,21)11-5-2-9(3-6-11)17(18)19/h2-8H,1H3. The molecule has 0 aromatic heterocycles. The van der Waals surface area contributed by atoms with E-state index in [0.29, 0.717) is 10.7 Å². The summed E-state index contributed by atoms with van der Waals surface area (Å²) in [6.45, 7) is 0. The van der Waals surface area contributed by atoms with Crippen LogP contribution in [0.3, 0.4) is 0 Å². The third-order valence-corrected chi connectivity index (χ3v) is 5.51. The van der Waals surface area contributed by atoms with Gasteiger partial charge in [-0.05, 0) is 30.3 Å². The van der Waals surface area contributed by atoms with Gasteiger partial charge in [-0.3, -0.25) is 14.4 Å². The first-order chi connectivity index (χ1) is 10.2. The highest BCUT2D eigenvalue weighted by Gasteiger charge is 2.22. The van der Waals surface area contributed by atoms with Gasteiger partial charge in [-0.1, -0.05) is 23.2 Å². The Balaban J connectivity index is 2.40. The molecular formula is C13H10Cl2N2O4S. The fourth-order valence-electron chi connectivity index (χ4n) is 1.72. The Hall–Kier alpha value is -1.83. The van der Waals surface area contributed by atoms with Crippen molar-refractivity contribution in [1.29, 1.82) is 0 Å². The van der Waals surface area contributed by atoms with Crippen LogP contribution in [0.5, 0.6) is 0 Å². The minimum atomic E-state index is -3.86. The summed E-state index contributed by atoms with van der Waals surface area (Å²) in [5.74, 6) is 0. The van der Waals surface area contributed by atoms with E-state index in [1.165, 1.54) is 37.4 Å². The first-order valence-electron chi connectivity index (χ1n) is 5.92. The zero-order valence-corrected chi connectivity index (χ0v) is 13.6. The topological polar surface area (TPSA) is 80.5 Å². The minimum absolute atomic E-state index is 0.0633. The zero-order valence-electron chi connectivity index (χ0n) is 11.2. The Kier molecular flexibility index (Phi) is 4.60. The number of rotatable bonds is 4. The molecule has 9 heteroatoms. The molecule has 0 fully saturated rings. The van der Waals surface area contributed by atoms with Gasteiger partial charge in [-0.25, -0.2) is 8.42 Å². The maximum atomic E-state index is 12.5. The Morgan fingerprint density at radius 1 is 1.05 bits per heavy atom. The number of nitro benzene ring substituents is 1. The predicted molar refractivity (Wildman–Crippen MR) is 85.1 cm³/mol. The fourth-order valence-corrected chi connectivity index (χ4v) is 3.20. The molecule has 6 nitrogen and oxygen atoms in total. The average molecular weight is 361 g/mol. The third-order valence-electron chi connectivity index (χ3n) is 2.97. The molecule has 0 bridgehead atoms. The van der Waals surface area contributed by atoms with Crippen LogP contribution in [0.1, 0.15) is 0 Å². The van der Waals surface area contributed by atoms with Crippen molar-refractivity contribution in [3.05, 3.63) is 62.6 Å². The van der Waals surface area contributed by atoms with Gasteiger partial charge in [0.15, 0.2) is 0 Å². The number of sulfonamides is 1. The highest BCUT2D eigenvalue weighted by Crippen LogP contribution is 2.29. The molecule has 0 heterocycles. The van der Waals surface area contributed by atoms with Gasteiger partial charge >= 0.3 is 0 Å². The summed E-state index contributed by atoms with van der Waals surface area (Å²) in [5.41, 5.74) is 0.142. The Morgan fingerprint density at radius 3 is 2.14 bits per heavy atom. The zero-order chi connectivity index (χ0) is 16.5. The second-order valence-electron chi connectivity index (χ2n) is 4.32. The highest BCUT2D eigenvalue weighted by atomic mass is 35.5. The SMILES string of the molecule is CN(c1ccc(Cl)c(Cl)c1)S(=O)(=O)c1ccc([N+](=O)[O-])cc1. The maximum absolute atomic E-state index is 12.5. The van der Waals surface area contributed by atoms with E-state index in [9.17, 15) is 18.5 Å². The summed E-state index contributed by atoms with van der Waals surface area (Å²) >= 11 is 11.7. The van der Waals surface area contributed by atoms with Gasteiger partial charge in [0.2, 0.25) is 0 Å². The Morgan fingerprint density at radius 2 is 1.64 bits per heavy atom. The van der Waals surface area contributed by atoms with Crippen molar-refractivity contribution >= 4 is 44.6 Å². The molecule has 0 N–H and O–H groups in total. The number of hydrogen-bond donors (Lipinski definition) is 0. The largest absolute Gasteiger partial charge is 0.269 e. The van der Waals surface area contributed by atoms with Crippen LogP contribution in [0, 0.1) is 10.1 Å². The molecule has 2 aromatic carbocycles. The van der Waals surface area contributed by atoms with Gasteiger partial charge < -0.3 is 0 Å². The van der Waals surface area contributed by atoms with Crippen molar-refractivity contribution in [3.63, 3.8) is 0 Å². The molecule has 116 valence electrons. The van der Waals surface area contributed by atoms with E-state index in [1.807, 2.05) is 0 Å². The van der Waals surface area contributed by atoms with Crippen molar-refractivity contribution in [3.8, 4) is 0 Å². The lowest BCUT2D eigenvalue weighted by atomic mass is 10.3. The summed E-state index contributed by atoms with van der Waals surface area (Å²) in [6, 6.07) is 9.05. The first-order valence-corrected chi connectivity index (χ1v) is 8.11. The van der Waals surface area contributed by atoms with Crippen LogP contribution >= 0.6 is 23.2 Å². The summed E-state index contributed by atoms with van der Waals surface area (Å²) in [6.07, 6.45) is 0. The van der Waals surface area contributed by atoms with Crippen molar-refractivity contribution in [2.24, 2.45) is 0 Å². The lowest BCUT2D eigenvalue weighted by Gasteiger charge is -2.19. The van der Waals surface area contributed by atoms with Crippen molar-refractivity contribution < 1.29 is 13.3 Å². The normalized spacial score (nSPS) is 11.2. The lowest BCUT2D eigenvalue weighted by Crippen LogP contribution is -2.26. The van der Waals surface area contributed by atoms with Gasteiger partial charge in [0.25, 0.3) is 15.7 Å². The van der Waals surface area contributed by atoms with Crippen LogP contribution in [0.25, 0.3) is 0 Å². The molecule has 0 aliphatic carbocycles. The van der Waals surface area contributed by atoms with E-state index in [2.05, 4.69) is 0 Å². The molecule has 2 aromatic rings. The third kappa shape index (κ3) is 3.16. The van der Waals surface area contributed by atoms with Crippen LogP contribution in [-0.4, -0.2) is 20.4 Å². The molecular weight excluding hydrogens is 351 g/mol. The Labute approximate surface area is 137 Å². The number of hydrogen-bond acceptors (Lipinski definition) is 4. The van der Waals surface area contributed by atoms with E-state index >= 15 is 0 Å². The highest BCUT2D eigenvalue weighted by molar-refractivity contribution is 7.92. The van der Waals surface area contributed by atoms with Crippen LogP contribution in [0.15, 0.2) is 47.4 Å². The smallest absolute Gasteiger partial charge is 0.269 e. The molecule has 0 unspecified atom stereocenters. The van der Waals surface area contributed by atoms with Gasteiger partial charge in [0.1, 0.15) is 0 Å². The van der Waals surface area contributed by atoms with E-state index in [1.54, 1.807) is 0 Å². The monoisotopic (exact) mass is 360 g/mol. The van der Waals surface area contributed by atoms with E-state index in [4.69, 9.17) is 23.2 Å². The van der Waals surface area contributed by atoms with Crippen LogP contribution < -0.4 is 4.31 Å². The molecule has 0 saturated heterocycles. The van der Waals surface area contributed by atoms with Crippen LogP contribution in [-0.2, 0) is 10.0 Å². The van der Waals surface area contributed by atoms with Crippen LogP contribution in [0.4, 0.5) is 11.4 Å². The number of nitrogens with zero attached hydrogens (tertiary/aromatic N) is 2. The number of anilines is 1. The van der Waals surface area contributed by atoms with Gasteiger partial charge in [0.05, 0.1) is 25.6 Å². The van der Waals surface area contributed by atoms with Gasteiger partial charge in [-0.15, -0.1) is 0 Å². The lowest BCUT2D eigenvalue weighted by molar-refractivity contribution is -0.384. The summed E-state index contributed by atoms with van der Waals surface area (Å²) in [5, 5.41) is 11.1. The fraction of sp³-hybridized carbons (Fsp3) is 0.0769. The predicted octanol–water partition coefficient (Wildman–Crippen LogP) is 3.73. The molecule has 0 spiro atoms. The number of benzene rings is 2. The van der Waals surface area contributed by atoms with Crippen molar-refractivity contribution in [1.82, 2.24) is 0 Å². The van der Waals surface area contributed by atoms with E-state index in [0.717, 1.165) is 16.4 Å². The number of nitro groups is 1. The second-order valence-corrected chi connectivity index (χ2v) is 7.11. The van der Waals surface area contributed by atoms with Gasteiger partial charge in [-0.2, -0.15) is 0 Å². The molecule has 0 aliphatic heterocycles. The molecule has 0 amide bonds. The maximum Gasteiger partial charge on any atom is 0.269 e. The molecule has 22 heavy (non-hydrogen) atoms. The Bertz CT molecular complexity index is 822. The molecule has 0 aliphatic rings. The molecule has 2 rings (SSSR count). The molecule has 0 radical (unpaired) electrons. The van der Waals surface area contributed by atoms with Crippen LogP contribution in [0.2, 0.25) is 10.0 Å². The second kappa shape index (κ2) is 6.12. The van der Waals surface area contributed by atoms with E-state index < -0.39 is 14.9 Å². The number of halogens is 2. The minimum Gasteiger partial charge on any atom is -0.269 e. The quantitative estimate of drug-likeness (QED) is 0.614. The molecule has 0 atom stereocenters. The van der Waals surface area contributed by atoms with Gasteiger partial charge in [0, 0.05) is 19.2 Å². The van der Waals surface area contributed by atoms with Crippen molar-refractivity contribution in [2.75, 3.05) is 11.4 Å². The number of non-ortho nitro benzene ring substituents is 1. The summed E-state index contributed by atoms with van der Waals surface area (Å²) in [4.78, 5) is 9.94. The first kappa shape index (κ1) is 16.5. The molecule has 0 saturated carbocycles. The van der Waals surface area contributed by atoms with E-state index in [-0.39, 0.29) is 15.6 Å². The summed E-state index contributed by atoms with van der Waals surface area (Å²) in [7, 11) is -2.50. The average Bonchev–Trinajstić information content (AvgIpc) is 2.49. The summed E-state index contributed by atoms with van der Waals surface area (Å²) < 4.78 is 26.0. The van der Waals surface area contributed by atoms with Crippen molar-refractivity contribution in [2.45, 2.75) is 4.90 Å².